The van der Waals surface area contributed by atoms with Gasteiger partial charge in [0.2, 0.25) is 0 Å². The zero-order valence-corrected chi connectivity index (χ0v) is 12.8. The number of hydrogen-bond acceptors (Lipinski definition) is 6. The Morgan fingerprint density at radius 3 is 2.79 bits per heavy atom. The first-order chi connectivity index (χ1) is 11.1. The van der Waals surface area contributed by atoms with E-state index in [1.807, 2.05) is 13.8 Å². The van der Waals surface area contributed by atoms with Crippen molar-refractivity contribution in [2.45, 2.75) is 32.1 Å². The lowest BCUT2D eigenvalue weighted by Gasteiger charge is -2.21. The van der Waals surface area contributed by atoms with E-state index in [0.717, 1.165) is 6.20 Å². The molecule has 1 aliphatic heterocycles. The monoisotopic (exact) mass is 346 g/mol. The van der Waals surface area contributed by atoms with Crippen LogP contribution in [0.15, 0.2) is 6.20 Å². The van der Waals surface area contributed by atoms with Gasteiger partial charge in [-0.15, -0.1) is 5.10 Å². The molecule has 0 aliphatic carbocycles. The van der Waals surface area contributed by atoms with Gasteiger partial charge in [0.25, 0.3) is 0 Å². The molecule has 11 heteroatoms. The third-order valence-electron chi connectivity index (χ3n) is 3.58. The van der Waals surface area contributed by atoms with Crippen molar-refractivity contribution in [3.05, 3.63) is 23.3 Å². The summed E-state index contributed by atoms with van der Waals surface area (Å²) in [6.07, 6.45) is -3.82. The number of ether oxygens (including phenoxy) is 1. The van der Waals surface area contributed by atoms with E-state index in [9.17, 15) is 17.6 Å². The maximum atomic E-state index is 14.1. The summed E-state index contributed by atoms with van der Waals surface area (Å²) in [4.78, 5) is 7.12. The number of alkyl halides is 3. The minimum atomic E-state index is -4.55. The molecule has 0 atom stereocenters. The van der Waals surface area contributed by atoms with E-state index in [1.54, 1.807) is 0 Å². The number of anilines is 1. The number of nitrogens with two attached hydrogens (primary N) is 1. The first-order valence-electron chi connectivity index (χ1n) is 6.94. The third kappa shape index (κ3) is 2.86. The Kier molecular flexibility index (Phi) is 3.62. The second kappa shape index (κ2) is 5.30. The topological polar surface area (TPSA) is 90.9 Å². The lowest BCUT2D eigenvalue weighted by Crippen LogP contribution is -2.32. The third-order valence-corrected chi connectivity index (χ3v) is 3.58. The first-order valence-corrected chi connectivity index (χ1v) is 6.94. The van der Waals surface area contributed by atoms with Crippen LogP contribution in [-0.2, 0) is 12.1 Å². The van der Waals surface area contributed by atoms with Crippen LogP contribution < -0.4 is 15.8 Å². The van der Waals surface area contributed by atoms with Crippen molar-refractivity contribution in [2.75, 3.05) is 12.3 Å². The molecule has 0 unspecified atom stereocenters. The van der Waals surface area contributed by atoms with Crippen LogP contribution in [-0.4, -0.2) is 32.5 Å². The fraction of sp³-hybridized carbons (Fsp3) is 0.462. The Bertz CT molecular complexity index is 785. The molecular formula is C13H14F4N6O. The van der Waals surface area contributed by atoms with E-state index in [-0.39, 0.29) is 11.6 Å². The van der Waals surface area contributed by atoms with Crippen molar-refractivity contribution in [3.8, 4) is 11.8 Å². The van der Waals surface area contributed by atoms with Crippen LogP contribution in [0, 0.1) is 5.82 Å². The van der Waals surface area contributed by atoms with E-state index in [2.05, 4.69) is 25.1 Å². The smallest absolute Gasteiger partial charge is 0.422 e. The van der Waals surface area contributed by atoms with Crippen LogP contribution in [0.2, 0.25) is 0 Å². The zero-order chi connectivity index (χ0) is 17.7. The molecular weight excluding hydrogens is 332 g/mol. The van der Waals surface area contributed by atoms with Crippen LogP contribution in [0.5, 0.6) is 6.01 Å². The van der Waals surface area contributed by atoms with Gasteiger partial charge in [0.05, 0.1) is 17.4 Å². The maximum Gasteiger partial charge on any atom is 0.422 e. The van der Waals surface area contributed by atoms with Crippen molar-refractivity contribution >= 4 is 5.82 Å². The minimum Gasteiger partial charge on any atom is -0.454 e. The molecule has 0 aromatic carbocycles. The molecule has 1 aliphatic rings. The number of nitrogens with one attached hydrogen (secondary N) is 1. The molecule has 2 aromatic heterocycles. The fourth-order valence-electron chi connectivity index (χ4n) is 2.54. The number of aromatic nitrogens is 4. The van der Waals surface area contributed by atoms with Crippen LogP contribution in [0.25, 0.3) is 5.82 Å². The van der Waals surface area contributed by atoms with Crippen LogP contribution in [0.3, 0.4) is 0 Å². The number of hydrogen-bond donors (Lipinski definition) is 2. The predicted octanol–water partition coefficient (Wildman–Crippen LogP) is 1.66. The molecule has 130 valence electrons. The number of rotatable bonds is 3. The maximum absolute atomic E-state index is 14.1. The zero-order valence-electron chi connectivity index (χ0n) is 12.8. The molecule has 3 N–H and O–H groups in total. The quantitative estimate of drug-likeness (QED) is 0.822. The SMILES string of the molecule is CC1(C)NCc2c(N)nn(-c3nc(OCC(F)(F)F)ncc3F)c21. The van der Waals surface area contributed by atoms with Gasteiger partial charge in [-0.2, -0.15) is 18.2 Å². The number of nitrogen functional groups attached to an aromatic ring is 1. The summed E-state index contributed by atoms with van der Waals surface area (Å²) in [6.45, 7) is 2.55. The summed E-state index contributed by atoms with van der Waals surface area (Å²) in [5, 5.41) is 7.24. The highest BCUT2D eigenvalue weighted by Crippen LogP contribution is 2.35. The van der Waals surface area contributed by atoms with Crippen molar-refractivity contribution < 1.29 is 22.3 Å². The number of halogens is 4. The van der Waals surface area contributed by atoms with Crippen LogP contribution >= 0.6 is 0 Å². The van der Waals surface area contributed by atoms with Gasteiger partial charge >= 0.3 is 12.2 Å². The molecule has 0 radical (unpaired) electrons. The largest absolute Gasteiger partial charge is 0.454 e. The normalized spacial score (nSPS) is 16.2. The highest BCUT2D eigenvalue weighted by molar-refractivity contribution is 5.50. The van der Waals surface area contributed by atoms with Gasteiger partial charge in [-0.3, -0.25) is 0 Å². The van der Waals surface area contributed by atoms with E-state index < -0.39 is 30.1 Å². The van der Waals surface area contributed by atoms with Gasteiger partial charge in [0.1, 0.15) is 0 Å². The van der Waals surface area contributed by atoms with E-state index >= 15 is 0 Å². The molecule has 7 nitrogen and oxygen atoms in total. The van der Waals surface area contributed by atoms with E-state index in [4.69, 9.17) is 5.73 Å². The Morgan fingerprint density at radius 2 is 2.12 bits per heavy atom. The molecule has 0 spiro atoms. The fourth-order valence-corrected chi connectivity index (χ4v) is 2.54. The van der Waals surface area contributed by atoms with Crippen molar-refractivity contribution in [1.82, 2.24) is 25.1 Å². The van der Waals surface area contributed by atoms with Crippen LogP contribution in [0.4, 0.5) is 23.4 Å². The highest BCUT2D eigenvalue weighted by atomic mass is 19.4. The molecule has 24 heavy (non-hydrogen) atoms. The number of fused-ring (bicyclic) bond motifs is 1. The predicted molar refractivity (Wildman–Crippen MR) is 74.9 cm³/mol. The summed E-state index contributed by atoms with van der Waals surface area (Å²) >= 11 is 0. The Morgan fingerprint density at radius 1 is 1.42 bits per heavy atom. The van der Waals surface area contributed by atoms with Gasteiger partial charge in [-0.05, 0) is 13.8 Å². The molecule has 3 rings (SSSR count). The Hall–Kier alpha value is -2.43. The second-order valence-electron chi connectivity index (χ2n) is 5.83. The molecule has 0 bridgehead atoms. The standard InChI is InChI=1S/C13H14F4N6O/c1-12(2)8-6(3-20-12)9(18)22-23(8)10-7(14)4-19-11(21-10)24-5-13(15,16)17/h4,20H,3,5H2,1-2H3,(H2,18,22). The first kappa shape index (κ1) is 16.4. The molecule has 0 amide bonds. The average Bonchev–Trinajstić information content (AvgIpc) is 2.96. The molecule has 0 saturated heterocycles. The summed E-state index contributed by atoms with van der Waals surface area (Å²) in [5.41, 5.74) is 6.55. The van der Waals surface area contributed by atoms with Gasteiger partial charge in [0, 0.05) is 12.1 Å². The van der Waals surface area contributed by atoms with Gasteiger partial charge < -0.3 is 15.8 Å². The van der Waals surface area contributed by atoms with Crippen molar-refractivity contribution in [1.29, 1.82) is 0 Å². The summed E-state index contributed by atoms with van der Waals surface area (Å²) < 4.78 is 56.5. The summed E-state index contributed by atoms with van der Waals surface area (Å²) in [7, 11) is 0. The van der Waals surface area contributed by atoms with Gasteiger partial charge in [-0.25, -0.2) is 14.1 Å². The van der Waals surface area contributed by atoms with Crippen molar-refractivity contribution in [2.24, 2.45) is 0 Å². The average molecular weight is 346 g/mol. The van der Waals surface area contributed by atoms with Gasteiger partial charge in [-0.1, -0.05) is 0 Å². The summed E-state index contributed by atoms with van der Waals surface area (Å²) in [5.74, 6) is -0.992. The molecule has 0 saturated carbocycles. The Labute approximate surface area is 133 Å². The molecule has 2 aromatic rings. The van der Waals surface area contributed by atoms with Crippen LogP contribution in [0.1, 0.15) is 25.1 Å². The lowest BCUT2D eigenvalue weighted by molar-refractivity contribution is -0.154. The minimum absolute atomic E-state index is 0.193. The highest BCUT2D eigenvalue weighted by Gasteiger charge is 2.37. The van der Waals surface area contributed by atoms with Crippen molar-refractivity contribution in [3.63, 3.8) is 0 Å². The van der Waals surface area contributed by atoms with E-state index in [1.165, 1.54) is 4.68 Å². The number of nitrogens with zero attached hydrogens (tertiary/aromatic N) is 4. The second-order valence-corrected chi connectivity index (χ2v) is 5.83. The van der Waals surface area contributed by atoms with E-state index in [0.29, 0.717) is 17.8 Å². The molecule has 0 fully saturated rings. The Balaban J connectivity index is 2.03. The summed E-state index contributed by atoms with van der Waals surface area (Å²) in [6, 6.07) is -0.602. The lowest BCUT2D eigenvalue weighted by atomic mass is 10.0. The molecule has 3 heterocycles. The van der Waals surface area contributed by atoms with Gasteiger partial charge in [0.15, 0.2) is 24.1 Å².